The molecule has 0 heterocycles. The lowest BCUT2D eigenvalue weighted by molar-refractivity contribution is -0.125. The van der Waals surface area contributed by atoms with Crippen LogP contribution in [0.4, 0.5) is 0 Å². The average molecular weight is 263 g/mol. The lowest BCUT2D eigenvalue weighted by Crippen LogP contribution is -2.59. The van der Waals surface area contributed by atoms with Gasteiger partial charge in [0.25, 0.3) is 0 Å². The Hall–Kier alpha value is -1.55. The van der Waals surface area contributed by atoms with Crippen LogP contribution in [-0.2, 0) is 11.2 Å². The number of carbonyl (C=O) groups excluding carboxylic acids is 1. The molecule has 1 fully saturated rings. The van der Waals surface area contributed by atoms with Crippen molar-refractivity contribution >= 4 is 5.91 Å². The number of carbonyl (C=O) groups is 1. The van der Waals surface area contributed by atoms with E-state index >= 15 is 0 Å². The molecule has 0 saturated heterocycles. The number of amides is 1. The molecular formula is C15H21NO3. The van der Waals surface area contributed by atoms with E-state index in [1.54, 1.807) is 7.11 Å². The molecule has 1 aromatic carbocycles. The minimum Gasteiger partial charge on any atom is -0.497 e. The smallest absolute Gasteiger partial charge is 0.224 e. The average Bonchev–Trinajstić information content (AvgIpc) is 2.37. The number of methoxy groups -OCH3 is 1. The van der Waals surface area contributed by atoms with Crippen LogP contribution in [0.2, 0.25) is 0 Å². The Balaban J connectivity index is 1.90. The lowest BCUT2D eigenvalue weighted by atomic mass is 9.69. The molecule has 2 rings (SSSR count). The van der Waals surface area contributed by atoms with Gasteiger partial charge < -0.3 is 15.2 Å². The van der Waals surface area contributed by atoms with Crippen molar-refractivity contribution in [2.45, 2.75) is 31.7 Å². The first kappa shape index (κ1) is 13.9. The Labute approximate surface area is 113 Å². The van der Waals surface area contributed by atoms with Gasteiger partial charge in [-0.05, 0) is 36.5 Å². The van der Waals surface area contributed by atoms with E-state index < -0.39 is 0 Å². The van der Waals surface area contributed by atoms with E-state index in [2.05, 4.69) is 12.2 Å². The molecule has 1 aromatic rings. The molecule has 19 heavy (non-hydrogen) atoms. The summed E-state index contributed by atoms with van der Waals surface area (Å²) in [6, 6.07) is 7.45. The summed E-state index contributed by atoms with van der Waals surface area (Å²) in [4.78, 5) is 12.0. The highest BCUT2D eigenvalue weighted by molar-refractivity contribution is 5.79. The SMILES string of the molecule is COc1ccc(CC(=O)NC2(CO)CC(C)C2)cc1. The second-order valence-electron chi connectivity index (χ2n) is 5.52. The summed E-state index contributed by atoms with van der Waals surface area (Å²) < 4.78 is 5.08. The number of ether oxygens (including phenoxy) is 1. The maximum atomic E-state index is 12.0. The van der Waals surface area contributed by atoms with Gasteiger partial charge in [-0.3, -0.25) is 4.79 Å². The highest BCUT2D eigenvalue weighted by Crippen LogP contribution is 2.37. The third-order valence-electron chi connectivity index (χ3n) is 3.71. The summed E-state index contributed by atoms with van der Waals surface area (Å²) in [6.45, 7) is 2.15. The fourth-order valence-corrected chi connectivity index (χ4v) is 2.81. The monoisotopic (exact) mass is 263 g/mol. The Kier molecular flexibility index (Phi) is 4.10. The third-order valence-corrected chi connectivity index (χ3v) is 3.71. The van der Waals surface area contributed by atoms with Crippen molar-refractivity contribution in [1.29, 1.82) is 0 Å². The molecule has 0 spiro atoms. The summed E-state index contributed by atoms with van der Waals surface area (Å²) in [5.41, 5.74) is 0.557. The molecule has 0 aliphatic heterocycles. The van der Waals surface area contributed by atoms with E-state index in [1.165, 1.54) is 0 Å². The summed E-state index contributed by atoms with van der Waals surface area (Å²) >= 11 is 0. The van der Waals surface area contributed by atoms with Crippen LogP contribution in [0, 0.1) is 5.92 Å². The van der Waals surface area contributed by atoms with Gasteiger partial charge in [0.2, 0.25) is 5.91 Å². The van der Waals surface area contributed by atoms with Gasteiger partial charge in [0.15, 0.2) is 0 Å². The van der Waals surface area contributed by atoms with Gasteiger partial charge in [0, 0.05) is 0 Å². The molecule has 1 aliphatic carbocycles. The third kappa shape index (κ3) is 3.26. The number of aliphatic hydroxyl groups excluding tert-OH is 1. The molecule has 2 N–H and O–H groups in total. The van der Waals surface area contributed by atoms with Gasteiger partial charge >= 0.3 is 0 Å². The van der Waals surface area contributed by atoms with Crippen molar-refractivity contribution < 1.29 is 14.6 Å². The molecule has 1 aliphatic rings. The highest BCUT2D eigenvalue weighted by Gasteiger charge is 2.42. The van der Waals surface area contributed by atoms with Crippen LogP contribution in [-0.4, -0.2) is 30.3 Å². The van der Waals surface area contributed by atoms with Crippen molar-refractivity contribution in [3.05, 3.63) is 29.8 Å². The van der Waals surface area contributed by atoms with Crippen molar-refractivity contribution in [3.63, 3.8) is 0 Å². The molecular weight excluding hydrogens is 242 g/mol. The quantitative estimate of drug-likeness (QED) is 0.846. The summed E-state index contributed by atoms with van der Waals surface area (Å²) in [5, 5.41) is 12.4. The van der Waals surface area contributed by atoms with Gasteiger partial charge in [-0.2, -0.15) is 0 Å². The molecule has 0 bridgehead atoms. The highest BCUT2D eigenvalue weighted by atomic mass is 16.5. The molecule has 104 valence electrons. The zero-order valence-corrected chi connectivity index (χ0v) is 11.5. The number of nitrogens with one attached hydrogen (secondary N) is 1. The molecule has 0 radical (unpaired) electrons. The van der Waals surface area contributed by atoms with E-state index in [-0.39, 0.29) is 18.1 Å². The lowest BCUT2D eigenvalue weighted by Gasteiger charge is -2.45. The molecule has 4 heteroatoms. The Morgan fingerprint density at radius 3 is 2.53 bits per heavy atom. The van der Waals surface area contributed by atoms with Gasteiger partial charge in [-0.25, -0.2) is 0 Å². The zero-order chi connectivity index (χ0) is 13.9. The predicted octanol–water partition coefficient (Wildman–Crippen LogP) is 1.51. The maximum absolute atomic E-state index is 12.0. The first-order valence-electron chi connectivity index (χ1n) is 6.62. The normalized spacial score (nSPS) is 25.5. The fraction of sp³-hybridized carbons (Fsp3) is 0.533. The van der Waals surface area contributed by atoms with Crippen molar-refractivity contribution in [3.8, 4) is 5.75 Å². The topological polar surface area (TPSA) is 58.6 Å². The van der Waals surface area contributed by atoms with Crippen LogP contribution >= 0.6 is 0 Å². The second kappa shape index (κ2) is 5.61. The first-order valence-corrected chi connectivity index (χ1v) is 6.62. The van der Waals surface area contributed by atoms with Gasteiger partial charge in [-0.1, -0.05) is 19.1 Å². The fourth-order valence-electron chi connectivity index (χ4n) is 2.81. The molecule has 0 atom stereocenters. The van der Waals surface area contributed by atoms with Crippen LogP contribution in [0.1, 0.15) is 25.3 Å². The number of rotatable bonds is 5. The van der Waals surface area contributed by atoms with Gasteiger partial charge in [-0.15, -0.1) is 0 Å². The van der Waals surface area contributed by atoms with E-state index in [0.717, 1.165) is 24.2 Å². The Bertz CT molecular complexity index is 435. The zero-order valence-electron chi connectivity index (χ0n) is 11.5. The maximum Gasteiger partial charge on any atom is 0.224 e. The number of hydrogen-bond acceptors (Lipinski definition) is 3. The van der Waals surface area contributed by atoms with E-state index in [4.69, 9.17) is 4.74 Å². The Morgan fingerprint density at radius 1 is 1.42 bits per heavy atom. The van der Waals surface area contributed by atoms with Crippen LogP contribution in [0.3, 0.4) is 0 Å². The van der Waals surface area contributed by atoms with Crippen LogP contribution in [0.5, 0.6) is 5.75 Å². The summed E-state index contributed by atoms with van der Waals surface area (Å²) in [5.74, 6) is 1.32. The van der Waals surface area contributed by atoms with Crippen LogP contribution in [0.15, 0.2) is 24.3 Å². The van der Waals surface area contributed by atoms with Crippen LogP contribution < -0.4 is 10.1 Å². The van der Waals surface area contributed by atoms with E-state index in [1.807, 2.05) is 24.3 Å². The number of benzene rings is 1. The number of hydrogen-bond donors (Lipinski definition) is 2. The second-order valence-corrected chi connectivity index (χ2v) is 5.52. The van der Waals surface area contributed by atoms with Crippen molar-refractivity contribution in [1.82, 2.24) is 5.32 Å². The Morgan fingerprint density at radius 2 is 2.05 bits per heavy atom. The van der Waals surface area contributed by atoms with E-state index in [9.17, 15) is 9.90 Å². The van der Waals surface area contributed by atoms with Gasteiger partial charge in [0.1, 0.15) is 5.75 Å². The standard InChI is InChI=1S/C15H21NO3/c1-11-8-15(9-11,10-17)16-14(18)7-12-3-5-13(19-2)6-4-12/h3-6,11,17H,7-10H2,1-2H3,(H,16,18). The van der Waals surface area contributed by atoms with Crippen LogP contribution in [0.25, 0.3) is 0 Å². The molecule has 1 saturated carbocycles. The predicted molar refractivity (Wildman–Crippen MR) is 73.1 cm³/mol. The minimum atomic E-state index is -0.386. The van der Waals surface area contributed by atoms with Crippen molar-refractivity contribution in [2.24, 2.45) is 5.92 Å². The largest absolute Gasteiger partial charge is 0.497 e. The number of aliphatic hydroxyl groups is 1. The van der Waals surface area contributed by atoms with E-state index in [0.29, 0.717) is 12.3 Å². The first-order chi connectivity index (χ1) is 9.07. The van der Waals surface area contributed by atoms with Crippen molar-refractivity contribution in [2.75, 3.05) is 13.7 Å². The molecule has 0 unspecified atom stereocenters. The molecule has 1 amide bonds. The summed E-state index contributed by atoms with van der Waals surface area (Å²) in [7, 11) is 1.62. The summed E-state index contributed by atoms with van der Waals surface area (Å²) in [6.07, 6.45) is 2.05. The minimum absolute atomic E-state index is 0.0195. The molecule has 4 nitrogen and oxygen atoms in total. The molecule has 0 aromatic heterocycles. The van der Waals surface area contributed by atoms with Gasteiger partial charge in [0.05, 0.1) is 25.7 Å².